The zero-order valence-electron chi connectivity index (χ0n) is 26.2. The topological polar surface area (TPSA) is 80.6 Å². The lowest BCUT2D eigenvalue weighted by molar-refractivity contribution is -0.142. The number of aromatic nitrogens is 4. The monoisotopic (exact) mass is 620 g/mol. The fourth-order valence-corrected chi connectivity index (χ4v) is 8.08. The van der Waals surface area contributed by atoms with Crippen molar-refractivity contribution in [1.82, 2.24) is 24.2 Å². The molecule has 2 N–H and O–H groups in total. The van der Waals surface area contributed by atoms with Crippen LogP contribution in [0.3, 0.4) is 0 Å². The van der Waals surface area contributed by atoms with Gasteiger partial charge in [-0.1, -0.05) is 20.8 Å². The molecule has 4 fully saturated rings. The van der Waals surface area contributed by atoms with Crippen molar-refractivity contribution in [3.63, 3.8) is 0 Å². The van der Waals surface area contributed by atoms with Crippen molar-refractivity contribution in [3.05, 3.63) is 35.5 Å². The Morgan fingerprint density at radius 3 is 2.41 bits per heavy atom. The van der Waals surface area contributed by atoms with Gasteiger partial charge in [-0.05, 0) is 99.7 Å². The van der Waals surface area contributed by atoms with Gasteiger partial charge in [0.15, 0.2) is 5.69 Å². The van der Waals surface area contributed by atoms with Crippen molar-refractivity contribution in [1.29, 1.82) is 5.41 Å². The Hall–Kier alpha value is -2.59. The highest BCUT2D eigenvalue weighted by molar-refractivity contribution is 5.79. The Bertz CT molecular complexity index is 1370. The van der Waals surface area contributed by atoms with Crippen LogP contribution in [0.1, 0.15) is 108 Å². The summed E-state index contributed by atoms with van der Waals surface area (Å²) < 4.78 is 62.5. The maximum Gasteiger partial charge on any atom is 0.435 e. The van der Waals surface area contributed by atoms with Crippen molar-refractivity contribution in [2.24, 2.45) is 35.5 Å². The molecule has 2 aromatic heterocycles. The predicted molar refractivity (Wildman–Crippen MR) is 158 cm³/mol. The molecule has 44 heavy (non-hydrogen) atoms. The van der Waals surface area contributed by atoms with E-state index in [9.17, 15) is 22.4 Å². The fourth-order valence-electron chi connectivity index (χ4n) is 8.08. The Morgan fingerprint density at radius 1 is 1.05 bits per heavy atom. The smallest absolute Gasteiger partial charge is 0.353 e. The number of nitrogens with one attached hydrogen (secondary N) is 2. The van der Waals surface area contributed by atoms with Crippen LogP contribution in [0.4, 0.5) is 17.6 Å². The number of nitrogens with zero attached hydrogens (tertiary/aromatic N) is 4. The summed E-state index contributed by atoms with van der Waals surface area (Å²) in [5.74, 6) is -0.314. The Kier molecular flexibility index (Phi) is 8.78. The molecule has 4 aliphatic carbocycles. The Balaban J connectivity index is 1.26. The molecule has 0 aliphatic heterocycles. The van der Waals surface area contributed by atoms with Crippen LogP contribution >= 0.6 is 0 Å². The molecule has 0 aromatic carbocycles. The molecule has 0 spiro atoms. The van der Waals surface area contributed by atoms with Gasteiger partial charge in [-0.3, -0.25) is 14.9 Å². The summed E-state index contributed by atoms with van der Waals surface area (Å²) in [5, 5.41) is 16.1. The van der Waals surface area contributed by atoms with Crippen LogP contribution in [-0.2, 0) is 24.1 Å². The summed E-state index contributed by atoms with van der Waals surface area (Å²) in [6.45, 7) is 6.73. The standard InChI is InChI=1S/C33H48F4N6O/c1-19(2)16-42-18-27(30(40-42)33(35,36)37)24-13-21(17-41-10-11-43(32(41)38)26-7-8-26)14-25(15-24)31(44)39-29(22-4-5-22)23-6-9-28(34)20(3)12-23/h10-11,18-26,28-29,38H,4-9,12-17H2,1-3H3,(H,39,44)/t20?,21?,23?,24?,25?,28?,29-/m0/s1. The number of rotatable bonds is 10. The number of imidazole rings is 1. The van der Waals surface area contributed by atoms with Gasteiger partial charge in [0.25, 0.3) is 0 Å². The van der Waals surface area contributed by atoms with Gasteiger partial charge in [0.2, 0.25) is 11.5 Å². The van der Waals surface area contributed by atoms with Gasteiger partial charge in [-0.2, -0.15) is 18.3 Å². The number of alkyl halides is 4. The first-order valence-electron chi connectivity index (χ1n) is 16.8. The van der Waals surface area contributed by atoms with Gasteiger partial charge in [0.05, 0.1) is 0 Å². The van der Waals surface area contributed by atoms with E-state index >= 15 is 0 Å². The SMILES string of the molecule is CC(C)Cn1cc(C2CC(Cn3ccn(C4CC4)c3=N)CC(C(=O)N[C@@H](C3CC3)C3CCC(F)C(C)C3)C2)c(C(F)(F)F)n1. The number of amides is 1. The summed E-state index contributed by atoms with van der Waals surface area (Å²) in [6, 6.07) is 0.356. The molecule has 2 heterocycles. The van der Waals surface area contributed by atoms with Gasteiger partial charge in [0.1, 0.15) is 6.17 Å². The van der Waals surface area contributed by atoms with E-state index in [-0.39, 0.29) is 41.2 Å². The molecule has 0 bridgehead atoms. The summed E-state index contributed by atoms with van der Waals surface area (Å²) in [5.41, 5.74) is -0.256. The molecule has 2 aromatic rings. The molecule has 7 nitrogen and oxygen atoms in total. The third kappa shape index (κ3) is 6.96. The summed E-state index contributed by atoms with van der Waals surface area (Å²) in [7, 11) is 0. The minimum Gasteiger partial charge on any atom is -0.353 e. The summed E-state index contributed by atoms with van der Waals surface area (Å²) >= 11 is 0. The van der Waals surface area contributed by atoms with Crippen LogP contribution in [0.25, 0.3) is 0 Å². The second-order valence-electron chi connectivity index (χ2n) is 14.9. The third-order valence-corrected chi connectivity index (χ3v) is 10.6. The number of hydrogen-bond donors (Lipinski definition) is 2. The highest BCUT2D eigenvalue weighted by atomic mass is 19.4. The number of carbonyl (C=O) groups excluding carboxylic acids is 1. The van der Waals surface area contributed by atoms with Crippen molar-refractivity contribution < 1.29 is 22.4 Å². The minimum absolute atomic E-state index is 0.00222. The molecule has 7 atom stereocenters. The van der Waals surface area contributed by atoms with Crippen molar-refractivity contribution >= 4 is 5.91 Å². The first kappa shape index (κ1) is 31.4. The molecule has 1 amide bonds. The first-order chi connectivity index (χ1) is 20.9. The maximum absolute atomic E-state index is 14.3. The molecule has 4 saturated carbocycles. The Morgan fingerprint density at radius 2 is 1.77 bits per heavy atom. The largest absolute Gasteiger partial charge is 0.435 e. The average Bonchev–Trinajstić information content (AvgIpc) is 3.89. The summed E-state index contributed by atoms with van der Waals surface area (Å²) in [4.78, 5) is 14.0. The lowest BCUT2D eigenvalue weighted by atomic mass is 9.71. The summed E-state index contributed by atoms with van der Waals surface area (Å²) in [6.07, 6.45) is 7.65. The lowest BCUT2D eigenvalue weighted by Crippen LogP contribution is -2.48. The van der Waals surface area contributed by atoms with E-state index in [1.54, 1.807) is 6.20 Å². The van der Waals surface area contributed by atoms with Crippen molar-refractivity contribution in [3.8, 4) is 0 Å². The average molecular weight is 621 g/mol. The zero-order valence-corrected chi connectivity index (χ0v) is 26.2. The molecule has 4 aliphatic rings. The van der Waals surface area contributed by atoms with Crippen LogP contribution < -0.4 is 10.9 Å². The molecular weight excluding hydrogens is 572 g/mol. The van der Waals surface area contributed by atoms with E-state index in [0.717, 1.165) is 38.5 Å². The van der Waals surface area contributed by atoms with E-state index < -0.39 is 29.9 Å². The van der Waals surface area contributed by atoms with Crippen LogP contribution in [-0.4, -0.2) is 37.0 Å². The number of halogens is 4. The van der Waals surface area contributed by atoms with Gasteiger partial charge >= 0.3 is 6.18 Å². The van der Waals surface area contributed by atoms with Crippen LogP contribution in [0.2, 0.25) is 0 Å². The molecule has 0 radical (unpaired) electrons. The van der Waals surface area contributed by atoms with E-state index in [4.69, 9.17) is 5.41 Å². The third-order valence-electron chi connectivity index (χ3n) is 10.6. The molecule has 11 heteroatoms. The molecule has 0 saturated heterocycles. The Labute approximate surface area is 257 Å². The van der Waals surface area contributed by atoms with E-state index in [1.165, 1.54) is 4.68 Å². The normalized spacial score (nSPS) is 30.5. The van der Waals surface area contributed by atoms with Crippen LogP contribution in [0, 0.1) is 40.9 Å². The lowest BCUT2D eigenvalue weighted by Gasteiger charge is -2.38. The highest BCUT2D eigenvalue weighted by Gasteiger charge is 2.45. The van der Waals surface area contributed by atoms with Crippen molar-refractivity contribution in [2.45, 2.75) is 128 Å². The van der Waals surface area contributed by atoms with Crippen LogP contribution in [0.15, 0.2) is 18.6 Å². The van der Waals surface area contributed by atoms with E-state index in [1.807, 2.05) is 42.3 Å². The van der Waals surface area contributed by atoms with Gasteiger partial charge in [-0.25, -0.2) is 4.39 Å². The second-order valence-corrected chi connectivity index (χ2v) is 14.9. The van der Waals surface area contributed by atoms with Crippen LogP contribution in [0.5, 0.6) is 0 Å². The molecule has 244 valence electrons. The fraction of sp³-hybridized carbons (Fsp3) is 0.788. The number of hydrogen-bond acceptors (Lipinski definition) is 3. The molecular formula is C33H48F4N6O. The molecule has 6 unspecified atom stereocenters. The number of carbonyl (C=O) groups is 1. The molecule has 6 rings (SSSR count). The minimum atomic E-state index is -4.59. The quantitative estimate of drug-likeness (QED) is 0.285. The zero-order chi connectivity index (χ0) is 31.3. The maximum atomic E-state index is 14.3. The van der Waals surface area contributed by atoms with E-state index in [0.29, 0.717) is 56.4 Å². The first-order valence-corrected chi connectivity index (χ1v) is 16.8. The van der Waals surface area contributed by atoms with Gasteiger partial charge in [-0.15, -0.1) is 0 Å². The predicted octanol–water partition coefficient (Wildman–Crippen LogP) is 6.84. The second kappa shape index (κ2) is 12.3. The van der Waals surface area contributed by atoms with Gasteiger partial charge in [0, 0.05) is 55.2 Å². The van der Waals surface area contributed by atoms with E-state index in [2.05, 4.69) is 10.4 Å². The van der Waals surface area contributed by atoms with Gasteiger partial charge < -0.3 is 14.5 Å². The highest BCUT2D eigenvalue weighted by Crippen LogP contribution is 2.46. The van der Waals surface area contributed by atoms with Crippen molar-refractivity contribution in [2.75, 3.05) is 0 Å².